The molecule has 0 amide bonds. The van der Waals surface area contributed by atoms with Crippen molar-refractivity contribution in [2.24, 2.45) is 20.4 Å². The number of aliphatic hydroxyl groups excluding tert-OH is 1. The Morgan fingerprint density at radius 2 is 1.31 bits per heavy atom. The zero-order valence-electron chi connectivity index (χ0n) is 21.1. The van der Waals surface area contributed by atoms with Gasteiger partial charge in [-0.05, 0) is 37.6 Å². The molecule has 2 heterocycles. The van der Waals surface area contributed by atoms with Crippen LogP contribution in [0, 0.1) is 0 Å². The van der Waals surface area contributed by atoms with Crippen LogP contribution in [-0.4, -0.2) is 81.9 Å². The van der Waals surface area contributed by atoms with Gasteiger partial charge in [0.1, 0.15) is 5.75 Å². The summed E-state index contributed by atoms with van der Waals surface area (Å²) in [6, 6.07) is 7.09. The van der Waals surface area contributed by atoms with Crippen molar-refractivity contribution in [2.45, 2.75) is 20.5 Å². The summed E-state index contributed by atoms with van der Waals surface area (Å²) in [5.74, 6) is 0.736. The first-order valence-electron chi connectivity index (χ1n) is 10.1. The molecule has 0 saturated heterocycles. The minimum absolute atomic E-state index is 0. The molecule has 0 unspecified atom stereocenters. The molecule has 0 saturated carbocycles. The first-order chi connectivity index (χ1) is 16.1. The fraction of sp³-hybridized carbons (Fsp3) is 0.364. The Bertz CT molecular complexity index is 976. The average Bonchev–Trinajstić information content (AvgIpc) is 2.85. The molecular formula is C22H30N8O2S2Zn. The van der Waals surface area contributed by atoms with E-state index in [1.165, 1.54) is 0 Å². The van der Waals surface area contributed by atoms with E-state index in [2.05, 4.69) is 30.4 Å². The van der Waals surface area contributed by atoms with Gasteiger partial charge in [-0.3, -0.25) is 9.97 Å². The number of nitrogens with zero attached hydrogens (tertiary/aromatic N) is 8. The van der Waals surface area contributed by atoms with Crippen LogP contribution in [0.4, 0.5) is 0 Å². The van der Waals surface area contributed by atoms with E-state index in [1.54, 1.807) is 74.6 Å². The minimum atomic E-state index is -0.0178. The van der Waals surface area contributed by atoms with Gasteiger partial charge in [0.05, 0.1) is 36.5 Å². The van der Waals surface area contributed by atoms with E-state index < -0.39 is 0 Å². The SMILES string of the molecule is C/C(=N\N=C([S-])N(C)C)c1cc(CO)ccn1.COc1ccnc(/C(C)=N/N=C([S-])N(C)C)c1.[Zn+2]. The molecule has 2 aromatic rings. The smallest absolute Gasteiger partial charge is 0.741 e. The molecule has 0 aromatic carbocycles. The Morgan fingerprint density at radius 3 is 1.74 bits per heavy atom. The number of hydrogen-bond acceptors (Lipinski definition) is 10. The molecule has 13 heteroatoms. The van der Waals surface area contributed by atoms with Gasteiger partial charge in [-0.2, -0.15) is 20.4 Å². The summed E-state index contributed by atoms with van der Waals surface area (Å²) >= 11 is 9.99. The zero-order chi connectivity index (χ0) is 25.7. The van der Waals surface area contributed by atoms with Crippen molar-refractivity contribution in [3.63, 3.8) is 0 Å². The van der Waals surface area contributed by atoms with E-state index in [4.69, 9.17) is 35.1 Å². The van der Waals surface area contributed by atoms with Gasteiger partial charge in [-0.25, -0.2) is 0 Å². The van der Waals surface area contributed by atoms with Gasteiger partial charge in [-0.1, -0.05) is 0 Å². The maximum atomic E-state index is 9.02. The van der Waals surface area contributed by atoms with Crippen LogP contribution in [0.25, 0.3) is 0 Å². The monoisotopic (exact) mass is 566 g/mol. The predicted molar refractivity (Wildman–Crippen MR) is 142 cm³/mol. The standard InChI is InChI=1S/2C11H16N4OS.Zn/c1-8(13-14-11(17)15(2)3)10-7-9(16-4)5-6-12-10;1-8(13-14-11(17)15(2)3)10-6-9(7-16)4-5-12-10;/h5-7H,1-4H3,(H,14,17);4-6,16H,7H2,1-3H3,(H,14,17);/q;;+2/p-2/b2*13-8+;. The number of pyridine rings is 2. The second-order valence-corrected chi connectivity index (χ2v) is 7.94. The predicted octanol–water partition coefficient (Wildman–Crippen LogP) is 2.04. The number of ether oxygens (including phenoxy) is 1. The van der Waals surface area contributed by atoms with Crippen molar-refractivity contribution in [2.75, 3.05) is 35.3 Å². The number of hydrogen-bond donors (Lipinski definition) is 1. The quantitative estimate of drug-likeness (QED) is 0.186. The summed E-state index contributed by atoms with van der Waals surface area (Å²) in [5, 5.41) is 25.7. The van der Waals surface area contributed by atoms with Crippen LogP contribution in [0.1, 0.15) is 30.8 Å². The third-order valence-corrected chi connectivity index (χ3v) is 4.95. The van der Waals surface area contributed by atoms with E-state index in [1.807, 2.05) is 21.0 Å². The van der Waals surface area contributed by atoms with Gasteiger partial charge in [0, 0.05) is 57.0 Å². The summed E-state index contributed by atoms with van der Waals surface area (Å²) in [4.78, 5) is 11.7. The average molecular weight is 568 g/mol. The second kappa shape index (κ2) is 16.9. The van der Waals surface area contributed by atoms with Crippen LogP contribution >= 0.6 is 0 Å². The first-order valence-corrected chi connectivity index (χ1v) is 10.9. The van der Waals surface area contributed by atoms with Crippen molar-refractivity contribution in [1.29, 1.82) is 0 Å². The fourth-order valence-corrected chi connectivity index (χ4v) is 2.11. The number of aliphatic hydroxyl groups is 1. The molecule has 2 aromatic heterocycles. The normalized spacial score (nSPS) is 12.2. The fourth-order valence-electron chi connectivity index (χ4n) is 2.02. The van der Waals surface area contributed by atoms with Crippen LogP contribution in [0.3, 0.4) is 0 Å². The number of methoxy groups -OCH3 is 1. The van der Waals surface area contributed by atoms with Crippen LogP contribution in [0.2, 0.25) is 0 Å². The van der Waals surface area contributed by atoms with Crippen molar-refractivity contribution < 1.29 is 29.3 Å². The largest absolute Gasteiger partial charge is 2.00 e. The summed E-state index contributed by atoms with van der Waals surface area (Å²) in [6.07, 6.45) is 3.29. The van der Waals surface area contributed by atoms with Gasteiger partial charge in [0.2, 0.25) is 0 Å². The summed E-state index contributed by atoms with van der Waals surface area (Å²) in [5.41, 5.74) is 3.54. The Labute approximate surface area is 230 Å². The van der Waals surface area contributed by atoms with Crippen molar-refractivity contribution in [1.82, 2.24) is 19.8 Å². The molecule has 184 valence electrons. The Morgan fingerprint density at radius 1 is 0.857 bits per heavy atom. The van der Waals surface area contributed by atoms with Crippen molar-refractivity contribution in [3.05, 3.63) is 53.6 Å². The third kappa shape index (κ3) is 12.1. The summed E-state index contributed by atoms with van der Waals surface area (Å²) in [7, 11) is 8.86. The van der Waals surface area contributed by atoms with Gasteiger partial charge < -0.3 is 44.9 Å². The molecule has 35 heavy (non-hydrogen) atoms. The van der Waals surface area contributed by atoms with Crippen LogP contribution in [0.15, 0.2) is 57.1 Å². The van der Waals surface area contributed by atoms with Gasteiger partial charge >= 0.3 is 19.5 Å². The molecule has 0 fully saturated rings. The van der Waals surface area contributed by atoms with E-state index in [9.17, 15) is 0 Å². The molecule has 2 rings (SSSR count). The van der Waals surface area contributed by atoms with Gasteiger partial charge in [0.25, 0.3) is 0 Å². The first kappa shape index (κ1) is 32.4. The topological polar surface area (TPSA) is 111 Å². The molecule has 0 aliphatic heterocycles. The van der Waals surface area contributed by atoms with E-state index in [0.717, 1.165) is 17.0 Å². The van der Waals surface area contributed by atoms with Crippen LogP contribution in [-0.2, 0) is 51.3 Å². The molecule has 0 spiro atoms. The number of aromatic nitrogens is 2. The van der Waals surface area contributed by atoms with E-state index >= 15 is 0 Å². The molecular weight excluding hydrogens is 538 g/mol. The maximum Gasteiger partial charge on any atom is 2.00 e. The summed E-state index contributed by atoms with van der Waals surface area (Å²) < 4.78 is 5.11. The van der Waals surface area contributed by atoms with Crippen molar-refractivity contribution >= 4 is 47.0 Å². The van der Waals surface area contributed by atoms with Gasteiger partial charge in [-0.15, -0.1) is 0 Å². The third-order valence-electron chi connectivity index (χ3n) is 4.05. The molecule has 0 aliphatic rings. The number of rotatable bonds is 6. The molecule has 0 bridgehead atoms. The zero-order valence-corrected chi connectivity index (χ0v) is 25.7. The molecule has 10 nitrogen and oxygen atoms in total. The molecule has 1 N–H and O–H groups in total. The Balaban J connectivity index is 0.000000642. The summed E-state index contributed by atoms with van der Waals surface area (Å²) in [6.45, 7) is 3.60. The van der Waals surface area contributed by atoms with Gasteiger partial charge in [0.15, 0.2) is 0 Å². The molecule has 0 aliphatic carbocycles. The molecule has 0 atom stereocenters. The van der Waals surface area contributed by atoms with E-state index in [-0.39, 0.29) is 26.1 Å². The maximum absolute atomic E-state index is 9.02. The van der Waals surface area contributed by atoms with Crippen LogP contribution < -0.4 is 4.74 Å². The van der Waals surface area contributed by atoms with Crippen LogP contribution in [0.5, 0.6) is 5.75 Å². The Kier molecular flexibility index (Phi) is 15.7. The Hall–Kier alpha value is -2.60. The minimum Gasteiger partial charge on any atom is -0.741 e. The second-order valence-electron chi connectivity index (χ2n) is 7.21. The number of amidine groups is 2. The van der Waals surface area contributed by atoms with E-state index in [0.29, 0.717) is 27.5 Å². The van der Waals surface area contributed by atoms with Crippen molar-refractivity contribution in [3.8, 4) is 5.75 Å². The molecule has 0 radical (unpaired) electrons.